The highest BCUT2D eigenvalue weighted by Crippen LogP contribution is 2.26. The number of benzene rings is 1. The molecule has 0 aromatic heterocycles. The minimum absolute atomic E-state index is 1.01. The average molecular weight is 189 g/mol. The summed E-state index contributed by atoms with van der Waals surface area (Å²) in [7, 11) is 1.95. The van der Waals surface area contributed by atoms with Gasteiger partial charge in [-0.3, -0.25) is 0 Å². The van der Waals surface area contributed by atoms with Gasteiger partial charge in [0.15, 0.2) is 0 Å². The molecule has 1 N–H and O–H groups in total. The van der Waals surface area contributed by atoms with Gasteiger partial charge < -0.3 is 5.32 Å². The van der Waals surface area contributed by atoms with Gasteiger partial charge in [0.05, 0.1) is 0 Å². The lowest BCUT2D eigenvalue weighted by atomic mass is 9.97. The Kier molecular flexibility index (Phi) is 3.34. The summed E-state index contributed by atoms with van der Waals surface area (Å²) < 4.78 is 0. The third-order valence-corrected chi connectivity index (χ3v) is 2.65. The summed E-state index contributed by atoms with van der Waals surface area (Å²) in [5, 5.41) is 3.20. The summed E-state index contributed by atoms with van der Waals surface area (Å²) in [5.74, 6) is 0. The highest BCUT2D eigenvalue weighted by molar-refractivity contribution is 5.71. The monoisotopic (exact) mass is 189 g/mol. The standard InChI is InChI=1S/C13H19N/c1-6-9(2)12-8-13(14-5)11(4)7-10(12)3/h7-8,14H,2,6H2,1,3-5H3. The molecule has 0 aliphatic heterocycles. The van der Waals surface area contributed by atoms with Crippen molar-refractivity contribution in [1.29, 1.82) is 0 Å². The molecule has 0 bridgehead atoms. The highest BCUT2D eigenvalue weighted by Gasteiger charge is 2.05. The molecule has 0 spiro atoms. The summed E-state index contributed by atoms with van der Waals surface area (Å²) in [6.07, 6.45) is 1.01. The second-order valence-corrected chi connectivity index (χ2v) is 3.69. The van der Waals surface area contributed by atoms with Gasteiger partial charge in [-0.25, -0.2) is 0 Å². The molecular formula is C13H19N. The quantitative estimate of drug-likeness (QED) is 0.763. The smallest absolute Gasteiger partial charge is 0.0373 e. The van der Waals surface area contributed by atoms with E-state index in [0.29, 0.717) is 0 Å². The number of nitrogens with one attached hydrogen (secondary N) is 1. The Morgan fingerprint density at radius 1 is 1.29 bits per heavy atom. The van der Waals surface area contributed by atoms with E-state index in [1.807, 2.05) is 7.05 Å². The first-order chi connectivity index (χ1) is 6.60. The van der Waals surface area contributed by atoms with E-state index >= 15 is 0 Å². The number of anilines is 1. The molecule has 0 radical (unpaired) electrons. The Labute approximate surface area is 86.8 Å². The van der Waals surface area contributed by atoms with E-state index in [-0.39, 0.29) is 0 Å². The predicted molar refractivity (Wildman–Crippen MR) is 64.8 cm³/mol. The molecule has 0 saturated heterocycles. The zero-order chi connectivity index (χ0) is 10.7. The van der Waals surface area contributed by atoms with Gasteiger partial charge in [0.2, 0.25) is 0 Å². The molecule has 1 aromatic rings. The van der Waals surface area contributed by atoms with Gasteiger partial charge in [0.1, 0.15) is 0 Å². The zero-order valence-electron chi connectivity index (χ0n) is 9.57. The first-order valence-corrected chi connectivity index (χ1v) is 5.07. The Hall–Kier alpha value is -1.24. The maximum absolute atomic E-state index is 4.08. The highest BCUT2D eigenvalue weighted by atomic mass is 14.8. The summed E-state index contributed by atoms with van der Waals surface area (Å²) in [6, 6.07) is 4.40. The summed E-state index contributed by atoms with van der Waals surface area (Å²) >= 11 is 0. The molecule has 0 atom stereocenters. The van der Waals surface area contributed by atoms with Crippen LogP contribution >= 0.6 is 0 Å². The van der Waals surface area contributed by atoms with Crippen molar-refractivity contribution in [3.63, 3.8) is 0 Å². The Balaban J connectivity index is 3.24. The van der Waals surface area contributed by atoms with Crippen LogP contribution in [0.15, 0.2) is 18.7 Å². The maximum Gasteiger partial charge on any atom is 0.0373 e. The molecule has 1 rings (SSSR count). The number of allylic oxidation sites excluding steroid dienone is 1. The van der Waals surface area contributed by atoms with Crippen LogP contribution in [0.25, 0.3) is 5.57 Å². The molecule has 1 nitrogen and oxygen atoms in total. The average Bonchev–Trinajstić information content (AvgIpc) is 2.17. The number of hydrogen-bond donors (Lipinski definition) is 1. The largest absolute Gasteiger partial charge is 0.388 e. The Morgan fingerprint density at radius 2 is 1.93 bits per heavy atom. The van der Waals surface area contributed by atoms with Gasteiger partial charge in [-0.05, 0) is 48.6 Å². The molecule has 0 saturated carbocycles. The molecule has 76 valence electrons. The van der Waals surface area contributed by atoms with E-state index in [9.17, 15) is 0 Å². The van der Waals surface area contributed by atoms with E-state index in [0.717, 1.165) is 6.42 Å². The minimum atomic E-state index is 1.01. The first kappa shape index (κ1) is 10.8. The fourth-order valence-corrected chi connectivity index (χ4v) is 1.69. The number of aryl methyl sites for hydroxylation is 2. The van der Waals surface area contributed by atoms with Crippen LogP contribution in [0.1, 0.15) is 30.0 Å². The van der Waals surface area contributed by atoms with Gasteiger partial charge in [-0.1, -0.05) is 19.6 Å². The van der Waals surface area contributed by atoms with Crippen LogP contribution in [0.2, 0.25) is 0 Å². The van der Waals surface area contributed by atoms with Crippen molar-refractivity contribution in [3.8, 4) is 0 Å². The maximum atomic E-state index is 4.08. The molecule has 1 heteroatoms. The molecule has 0 aliphatic rings. The summed E-state index contributed by atoms with van der Waals surface area (Å²) in [6.45, 7) is 10.5. The molecular weight excluding hydrogens is 170 g/mol. The second kappa shape index (κ2) is 4.32. The van der Waals surface area contributed by atoms with Crippen molar-refractivity contribution in [2.24, 2.45) is 0 Å². The summed E-state index contributed by atoms with van der Waals surface area (Å²) in [5.41, 5.74) is 6.28. The van der Waals surface area contributed by atoms with Gasteiger partial charge >= 0.3 is 0 Å². The number of rotatable bonds is 3. The molecule has 0 amide bonds. The van der Waals surface area contributed by atoms with Crippen molar-refractivity contribution in [1.82, 2.24) is 0 Å². The van der Waals surface area contributed by atoms with Crippen LogP contribution in [0.4, 0.5) is 5.69 Å². The zero-order valence-corrected chi connectivity index (χ0v) is 9.57. The van der Waals surface area contributed by atoms with Crippen molar-refractivity contribution in [2.75, 3.05) is 12.4 Å². The van der Waals surface area contributed by atoms with Crippen LogP contribution < -0.4 is 5.32 Å². The lowest BCUT2D eigenvalue weighted by molar-refractivity contribution is 1.22. The van der Waals surface area contributed by atoms with Crippen molar-refractivity contribution in [3.05, 3.63) is 35.4 Å². The first-order valence-electron chi connectivity index (χ1n) is 5.07. The molecule has 0 fully saturated rings. The molecule has 14 heavy (non-hydrogen) atoms. The third-order valence-electron chi connectivity index (χ3n) is 2.65. The van der Waals surface area contributed by atoms with E-state index in [4.69, 9.17) is 0 Å². The van der Waals surface area contributed by atoms with E-state index < -0.39 is 0 Å². The predicted octanol–water partition coefficient (Wildman–Crippen LogP) is 3.77. The Bertz CT molecular complexity index is 350. The van der Waals surface area contributed by atoms with Gasteiger partial charge in [0.25, 0.3) is 0 Å². The van der Waals surface area contributed by atoms with Crippen LogP contribution in [0.5, 0.6) is 0 Å². The SMILES string of the molecule is C=C(CC)c1cc(NC)c(C)cc1C. The number of hydrogen-bond acceptors (Lipinski definition) is 1. The van der Waals surface area contributed by atoms with E-state index in [1.54, 1.807) is 0 Å². The lowest BCUT2D eigenvalue weighted by Gasteiger charge is -2.12. The third kappa shape index (κ3) is 1.98. The second-order valence-electron chi connectivity index (χ2n) is 3.69. The van der Waals surface area contributed by atoms with Crippen molar-refractivity contribution >= 4 is 11.3 Å². The van der Waals surface area contributed by atoms with Gasteiger partial charge in [-0.15, -0.1) is 0 Å². The molecule has 0 heterocycles. The Morgan fingerprint density at radius 3 is 2.43 bits per heavy atom. The summed E-state index contributed by atoms with van der Waals surface area (Å²) in [4.78, 5) is 0. The van der Waals surface area contributed by atoms with E-state index in [2.05, 4.69) is 44.8 Å². The van der Waals surface area contributed by atoms with Crippen LogP contribution in [0.3, 0.4) is 0 Å². The van der Waals surface area contributed by atoms with Crippen LogP contribution in [0, 0.1) is 13.8 Å². The van der Waals surface area contributed by atoms with Gasteiger partial charge in [-0.2, -0.15) is 0 Å². The minimum Gasteiger partial charge on any atom is -0.388 e. The lowest BCUT2D eigenvalue weighted by Crippen LogP contribution is -1.96. The van der Waals surface area contributed by atoms with Crippen LogP contribution in [-0.4, -0.2) is 7.05 Å². The molecule has 1 aromatic carbocycles. The fraction of sp³-hybridized carbons (Fsp3) is 0.385. The van der Waals surface area contributed by atoms with Crippen molar-refractivity contribution < 1.29 is 0 Å². The van der Waals surface area contributed by atoms with Crippen molar-refractivity contribution in [2.45, 2.75) is 27.2 Å². The topological polar surface area (TPSA) is 12.0 Å². The van der Waals surface area contributed by atoms with Crippen LogP contribution in [-0.2, 0) is 0 Å². The fourth-order valence-electron chi connectivity index (χ4n) is 1.69. The van der Waals surface area contributed by atoms with E-state index in [1.165, 1.54) is 28.0 Å². The normalized spacial score (nSPS) is 10.0. The van der Waals surface area contributed by atoms with Gasteiger partial charge in [0, 0.05) is 12.7 Å². The molecule has 0 unspecified atom stereocenters. The molecule has 0 aliphatic carbocycles.